The lowest BCUT2D eigenvalue weighted by atomic mass is 10.3. The van der Waals surface area contributed by atoms with Crippen molar-refractivity contribution >= 4 is 17.5 Å². The molecule has 1 amide bonds. The quantitative estimate of drug-likeness (QED) is 0.278. The minimum atomic E-state index is -0.383. The zero-order valence-corrected chi connectivity index (χ0v) is 10.7. The van der Waals surface area contributed by atoms with Gasteiger partial charge in [0.05, 0.1) is 0 Å². The summed E-state index contributed by atoms with van der Waals surface area (Å²) in [5, 5.41) is 14.2. The van der Waals surface area contributed by atoms with E-state index in [-0.39, 0.29) is 11.5 Å². The number of rotatable bonds is 9. The zero-order valence-electron chi connectivity index (χ0n) is 9.96. The second-order valence-corrected chi connectivity index (χ2v) is 3.50. The molecule has 0 aliphatic carbocycles. The summed E-state index contributed by atoms with van der Waals surface area (Å²) in [5.41, 5.74) is 0.0477. The Hall–Kier alpha value is -1.25. The number of alkyl halides is 1. The molecule has 0 radical (unpaired) electrons. The molecule has 0 saturated carbocycles. The summed E-state index contributed by atoms with van der Waals surface area (Å²) >= 11 is 5.45. The molecule has 0 heterocycles. The summed E-state index contributed by atoms with van der Waals surface area (Å²) in [5.74, 6) is 0.0385. The third-order valence-corrected chi connectivity index (χ3v) is 1.99. The van der Waals surface area contributed by atoms with Crippen LogP contribution in [0.2, 0.25) is 0 Å². The van der Waals surface area contributed by atoms with Crippen molar-refractivity contribution in [2.75, 3.05) is 32.2 Å². The fourth-order valence-corrected chi connectivity index (χ4v) is 1.10. The van der Waals surface area contributed by atoms with E-state index >= 15 is 0 Å². The van der Waals surface area contributed by atoms with Crippen molar-refractivity contribution in [1.29, 1.82) is 5.26 Å². The van der Waals surface area contributed by atoms with Crippen molar-refractivity contribution < 1.29 is 9.53 Å². The summed E-state index contributed by atoms with van der Waals surface area (Å²) < 4.78 is 5.12. The lowest BCUT2D eigenvalue weighted by molar-refractivity contribution is -0.117. The molecule has 0 saturated heterocycles. The number of amides is 1. The number of hydrogen-bond donors (Lipinski definition) is 2. The van der Waals surface area contributed by atoms with Crippen LogP contribution in [-0.2, 0) is 9.53 Å². The number of nitrogens with one attached hydrogen (secondary N) is 2. The van der Waals surface area contributed by atoms with Crippen LogP contribution in [0.25, 0.3) is 0 Å². The normalized spacial score (nSPS) is 10.8. The van der Waals surface area contributed by atoms with Gasteiger partial charge in [-0.1, -0.05) is 0 Å². The number of nitrogens with zero attached hydrogens (tertiary/aromatic N) is 1. The van der Waals surface area contributed by atoms with Gasteiger partial charge in [-0.15, -0.1) is 11.6 Å². The van der Waals surface area contributed by atoms with Crippen LogP contribution in [0.5, 0.6) is 0 Å². The summed E-state index contributed by atoms with van der Waals surface area (Å²) in [6, 6.07) is 1.83. The highest BCUT2D eigenvalue weighted by Crippen LogP contribution is 1.91. The van der Waals surface area contributed by atoms with Crippen molar-refractivity contribution in [3.8, 4) is 6.07 Å². The highest BCUT2D eigenvalue weighted by atomic mass is 35.5. The molecule has 0 rings (SSSR count). The average molecular weight is 260 g/mol. The van der Waals surface area contributed by atoms with Gasteiger partial charge in [-0.2, -0.15) is 5.26 Å². The minimum absolute atomic E-state index is 0.0477. The van der Waals surface area contributed by atoms with Gasteiger partial charge in [-0.3, -0.25) is 4.79 Å². The number of carbonyl (C=O) groups is 1. The first-order chi connectivity index (χ1) is 8.26. The molecule has 0 bridgehead atoms. The molecule has 6 heteroatoms. The molecule has 17 heavy (non-hydrogen) atoms. The van der Waals surface area contributed by atoms with Crippen molar-refractivity contribution in [3.05, 3.63) is 11.8 Å². The Morgan fingerprint density at radius 2 is 2.29 bits per heavy atom. The number of ether oxygens (including phenoxy) is 1. The van der Waals surface area contributed by atoms with E-state index in [0.717, 1.165) is 6.42 Å². The van der Waals surface area contributed by atoms with Crippen LogP contribution in [0.1, 0.15) is 13.3 Å². The second kappa shape index (κ2) is 11.2. The molecule has 0 aromatic carbocycles. The molecule has 0 fully saturated rings. The predicted molar refractivity (Wildman–Crippen MR) is 66.5 cm³/mol. The molecule has 0 spiro atoms. The summed E-state index contributed by atoms with van der Waals surface area (Å²) in [4.78, 5) is 11.5. The molecular formula is C11H18ClN3O2. The van der Waals surface area contributed by atoms with E-state index in [1.807, 2.05) is 13.0 Å². The van der Waals surface area contributed by atoms with Crippen molar-refractivity contribution in [3.63, 3.8) is 0 Å². The maximum atomic E-state index is 11.5. The Labute approximate surface area is 107 Å². The second-order valence-electron chi connectivity index (χ2n) is 3.12. The van der Waals surface area contributed by atoms with E-state index in [0.29, 0.717) is 32.2 Å². The third kappa shape index (κ3) is 8.55. The maximum Gasteiger partial charge on any atom is 0.263 e. The largest absolute Gasteiger partial charge is 0.388 e. The lowest BCUT2D eigenvalue weighted by Gasteiger charge is -2.04. The van der Waals surface area contributed by atoms with Gasteiger partial charge in [0.15, 0.2) is 0 Å². The van der Waals surface area contributed by atoms with Crippen LogP contribution in [0.3, 0.4) is 0 Å². The van der Waals surface area contributed by atoms with Crippen LogP contribution in [0.15, 0.2) is 11.8 Å². The van der Waals surface area contributed by atoms with Gasteiger partial charge in [0.1, 0.15) is 11.6 Å². The van der Waals surface area contributed by atoms with Crippen LogP contribution in [0, 0.1) is 11.3 Å². The third-order valence-electron chi connectivity index (χ3n) is 1.81. The molecule has 0 aliphatic heterocycles. The predicted octanol–water partition coefficient (Wildman–Crippen LogP) is 0.765. The highest BCUT2D eigenvalue weighted by molar-refractivity contribution is 6.18. The fraction of sp³-hybridized carbons (Fsp3) is 0.636. The van der Waals surface area contributed by atoms with E-state index < -0.39 is 0 Å². The number of carbonyl (C=O) groups excluding carboxylic acids is 1. The van der Waals surface area contributed by atoms with Crippen molar-refractivity contribution in [2.24, 2.45) is 0 Å². The molecule has 0 atom stereocenters. The molecule has 2 N–H and O–H groups in total. The van der Waals surface area contributed by atoms with Gasteiger partial charge in [0.25, 0.3) is 5.91 Å². The minimum Gasteiger partial charge on any atom is -0.388 e. The number of halogens is 1. The summed E-state index contributed by atoms with van der Waals surface area (Å²) in [7, 11) is 0. The van der Waals surface area contributed by atoms with E-state index in [9.17, 15) is 4.79 Å². The first-order valence-corrected chi connectivity index (χ1v) is 6.05. The van der Waals surface area contributed by atoms with Gasteiger partial charge in [-0.05, 0) is 13.3 Å². The average Bonchev–Trinajstić information content (AvgIpc) is 2.34. The first kappa shape index (κ1) is 15.8. The Kier molecular flexibility index (Phi) is 10.4. The van der Waals surface area contributed by atoms with Gasteiger partial charge in [-0.25, -0.2) is 0 Å². The monoisotopic (exact) mass is 259 g/mol. The van der Waals surface area contributed by atoms with Crippen LogP contribution < -0.4 is 10.6 Å². The standard InChI is InChI=1S/C11H18ClN3O2/c1-2-17-7-3-5-15-11(16)10(8-13)9-14-6-4-12/h9,14H,2-7H2,1H3,(H,15,16)/b10-9-. The molecule has 96 valence electrons. The molecule has 0 aromatic rings. The van der Waals surface area contributed by atoms with Crippen LogP contribution in [-0.4, -0.2) is 38.1 Å². The van der Waals surface area contributed by atoms with Gasteiger partial charge >= 0.3 is 0 Å². The topological polar surface area (TPSA) is 74.1 Å². The first-order valence-electron chi connectivity index (χ1n) is 5.51. The molecule has 5 nitrogen and oxygen atoms in total. The summed E-state index contributed by atoms with van der Waals surface area (Å²) in [6.45, 7) is 4.20. The SMILES string of the molecule is CCOCCCNC(=O)/C(C#N)=C\NCCCl. The summed E-state index contributed by atoms with van der Waals surface area (Å²) in [6.07, 6.45) is 2.10. The number of nitriles is 1. The molecule has 0 unspecified atom stereocenters. The Morgan fingerprint density at radius 3 is 2.88 bits per heavy atom. The highest BCUT2D eigenvalue weighted by Gasteiger charge is 2.06. The lowest BCUT2D eigenvalue weighted by Crippen LogP contribution is -2.27. The van der Waals surface area contributed by atoms with E-state index in [2.05, 4.69) is 10.6 Å². The van der Waals surface area contributed by atoms with Crippen molar-refractivity contribution in [1.82, 2.24) is 10.6 Å². The van der Waals surface area contributed by atoms with E-state index in [4.69, 9.17) is 21.6 Å². The van der Waals surface area contributed by atoms with Crippen LogP contribution >= 0.6 is 11.6 Å². The van der Waals surface area contributed by atoms with Gasteiger partial charge in [0, 0.05) is 38.4 Å². The Balaban J connectivity index is 3.85. The van der Waals surface area contributed by atoms with Crippen molar-refractivity contribution in [2.45, 2.75) is 13.3 Å². The maximum absolute atomic E-state index is 11.5. The number of hydrogen-bond acceptors (Lipinski definition) is 4. The fourth-order valence-electron chi connectivity index (χ4n) is 0.993. The van der Waals surface area contributed by atoms with E-state index in [1.54, 1.807) is 0 Å². The molecular weight excluding hydrogens is 242 g/mol. The molecule has 0 aromatic heterocycles. The zero-order chi connectivity index (χ0) is 12.9. The molecule has 0 aliphatic rings. The van der Waals surface area contributed by atoms with Crippen LogP contribution in [0.4, 0.5) is 0 Å². The Morgan fingerprint density at radius 1 is 1.53 bits per heavy atom. The van der Waals surface area contributed by atoms with Gasteiger partial charge < -0.3 is 15.4 Å². The van der Waals surface area contributed by atoms with Gasteiger partial charge in [0.2, 0.25) is 0 Å². The Bertz CT molecular complexity index is 287. The van der Waals surface area contributed by atoms with E-state index in [1.165, 1.54) is 6.20 Å². The smallest absolute Gasteiger partial charge is 0.263 e.